The first-order valence-electron chi connectivity index (χ1n) is 5.23. The highest BCUT2D eigenvalue weighted by Gasteiger charge is 2.61. The molecule has 1 saturated heterocycles. The first kappa shape index (κ1) is 8.21. The molecule has 1 heterocycles. The van der Waals surface area contributed by atoms with Crippen LogP contribution in [0.3, 0.4) is 0 Å². The number of rotatable bonds is 1. The molecule has 2 aliphatic carbocycles. The number of aliphatic hydroxyl groups is 1. The van der Waals surface area contributed by atoms with E-state index in [1.165, 1.54) is 6.42 Å². The van der Waals surface area contributed by atoms with Crippen LogP contribution in [0, 0.1) is 17.8 Å². The number of hydrogen-bond acceptors (Lipinski definition) is 3. The molecule has 0 bridgehead atoms. The molecule has 3 heteroatoms. The third kappa shape index (κ3) is 1.01. The Kier molecular flexibility index (Phi) is 1.70. The van der Waals surface area contributed by atoms with Gasteiger partial charge in [-0.3, -0.25) is 0 Å². The molecule has 0 amide bonds. The maximum atomic E-state index is 9.08. The van der Waals surface area contributed by atoms with Crippen molar-refractivity contribution >= 4 is 0 Å². The van der Waals surface area contributed by atoms with Gasteiger partial charge in [0.15, 0.2) is 5.79 Å². The molecule has 13 heavy (non-hydrogen) atoms. The maximum Gasteiger partial charge on any atom is 0.171 e. The Bertz CT molecular complexity index is 210. The fourth-order valence-electron chi connectivity index (χ4n) is 3.31. The Morgan fingerprint density at radius 1 is 1.23 bits per heavy atom. The minimum Gasteiger partial charge on any atom is -0.396 e. The van der Waals surface area contributed by atoms with Crippen molar-refractivity contribution in [2.75, 3.05) is 19.8 Å². The second-order valence-corrected chi connectivity index (χ2v) is 4.60. The topological polar surface area (TPSA) is 38.7 Å². The van der Waals surface area contributed by atoms with Crippen LogP contribution in [0.4, 0.5) is 0 Å². The van der Waals surface area contributed by atoms with Gasteiger partial charge in [-0.1, -0.05) is 0 Å². The maximum absolute atomic E-state index is 9.08. The van der Waals surface area contributed by atoms with E-state index in [9.17, 15) is 0 Å². The number of aliphatic hydroxyl groups excluding tert-OH is 1. The zero-order valence-electron chi connectivity index (χ0n) is 7.74. The van der Waals surface area contributed by atoms with Crippen LogP contribution >= 0.6 is 0 Å². The summed E-state index contributed by atoms with van der Waals surface area (Å²) in [6.45, 7) is 1.85. The first-order chi connectivity index (χ1) is 6.34. The molecule has 0 aromatic carbocycles. The predicted molar refractivity (Wildman–Crippen MR) is 46.0 cm³/mol. The SMILES string of the molecule is OC[C@@H]1C[C@@H]2CC3(OCCO3)[C@@H]2C1. The minimum atomic E-state index is -0.214. The van der Waals surface area contributed by atoms with Crippen molar-refractivity contribution in [2.45, 2.75) is 25.0 Å². The fourth-order valence-corrected chi connectivity index (χ4v) is 3.31. The molecule has 1 N–H and O–H groups in total. The van der Waals surface area contributed by atoms with Gasteiger partial charge in [0.25, 0.3) is 0 Å². The van der Waals surface area contributed by atoms with Gasteiger partial charge in [-0.05, 0) is 24.7 Å². The summed E-state index contributed by atoms with van der Waals surface area (Å²) in [5, 5.41) is 9.08. The van der Waals surface area contributed by atoms with Crippen molar-refractivity contribution in [1.82, 2.24) is 0 Å². The molecule has 3 aliphatic rings. The summed E-state index contributed by atoms with van der Waals surface area (Å²) in [6, 6.07) is 0. The minimum absolute atomic E-state index is 0.214. The van der Waals surface area contributed by atoms with E-state index < -0.39 is 0 Å². The van der Waals surface area contributed by atoms with Gasteiger partial charge in [-0.2, -0.15) is 0 Å². The van der Waals surface area contributed by atoms with E-state index in [-0.39, 0.29) is 5.79 Å². The Labute approximate surface area is 78.0 Å². The van der Waals surface area contributed by atoms with Gasteiger partial charge >= 0.3 is 0 Å². The van der Waals surface area contributed by atoms with Crippen LogP contribution in [0.15, 0.2) is 0 Å². The second-order valence-electron chi connectivity index (χ2n) is 4.60. The molecule has 74 valence electrons. The quantitative estimate of drug-likeness (QED) is 0.654. The van der Waals surface area contributed by atoms with E-state index in [1.54, 1.807) is 0 Å². The van der Waals surface area contributed by atoms with Gasteiger partial charge < -0.3 is 14.6 Å². The molecule has 3 atom stereocenters. The van der Waals surface area contributed by atoms with Crippen molar-refractivity contribution in [2.24, 2.45) is 17.8 Å². The van der Waals surface area contributed by atoms with Crippen molar-refractivity contribution < 1.29 is 14.6 Å². The van der Waals surface area contributed by atoms with Crippen LogP contribution in [0.1, 0.15) is 19.3 Å². The van der Waals surface area contributed by atoms with Gasteiger partial charge in [0.05, 0.1) is 13.2 Å². The number of hydrogen-bond donors (Lipinski definition) is 1. The Morgan fingerprint density at radius 2 is 2.00 bits per heavy atom. The average molecular weight is 184 g/mol. The van der Waals surface area contributed by atoms with Crippen LogP contribution in [0.5, 0.6) is 0 Å². The molecule has 3 rings (SSSR count). The van der Waals surface area contributed by atoms with Crippen molar-refractivity contribution in [3.05, 3.63) is 0 Å². The van der Waals surface area contributed by atoms with Gasteiger partial charge in [0.2, 0.25) is 0 Å². The Morgan fingerprint density at radius 3 is 2.69 bits per heavy atom. The van der Waals surface area contributed by atoms with Crippen molar-refractivity contribution in [1.29, 1.82) is 0 Å². The Balaban J connectivity index is 1.72. The van der Waals surface area contributed by atoms with Crippen LogP contribution in [0.2, 0.25) is 0 Å². The zero-order chi connectivity index (χ0) is 8.89. The van der Waals surface area contributed by atoms with Crippen LogP contribution < -0.4 is 0 Å². The molecule has 0 unspecified atom stereocenters. The van der Waals surface area contributed by atoms with E-state index in [0.717, 1.165) is 32.0 Å². The molecule has 3 fully saturated rings. The van der Waals surface area contributed by atoms with Gasteiger partial charge in [-0.15, -0.1) is 0 Å². The van der Waals surface area contributed by atoms with E-state index in [1.807, 2.05) is 0 Å². The molecule has 3 nitrogen and oxygen atoms in total. The molecular weight excluding hydrogens is 168 g/mol. The lowest BCUT2D eigenvalue weighted by Crippen LogP contribution is -2.52. The molecule has 1 spiro atoms. The number of fused-ring (bicyclic) bond motifs is 2. The highest BCUT2D eigenvalue weighted by Crippen LogP contribution is 2.58. The zero-order valence-corrected chi connectivity index (χ0v) is 7.74. The summed E-state index contributed by atoms with van der Waals surface area (Å²) in [4.78, 5) is 0. The molecule has 0 aromatic heterocycles. The normalized spacial score (nSPS) is 46.4. The summed E-state index contributed by atoms with van der Waals surface area (Å²) < 4.78 is 11.4. The summed E-state index contributed by atoms with van der Waals surface area (Å²) in [7, 11) is 0. The van der Waals surface area contributed by atoms with Gasteiger partial charge in [0.1, 0.15) is 0 Å². The Hall–Kier alpha value is -0.120. The smallest absolute Gasteiger partial charge is 0.171 e. The standard InChI is InChI=1S/C10H16O3/c11-6-7-3-8-5-10(9(8)4-7)12-1-2-13-10/h7-9,11H,1-6H2/t7-,8-,9-/m1/s1. The third-order valence-electron chi connectivity index (χ3n) is 3.94. The summed E-state index contributed by atoms with van der Waals surface area (Å²) in [6.07, 6.45) is 3.34. The van der Waals surface area contributed by atoms with Crippen molar-refractivity contribution in [3.8, 4) is 0 Å². The lowest BCUT2D eigenvalue weighted by Gasteiger charge is -2.47. The first-order valence-corrected chi connectivity index (χ1v) is 5.23. The molecule has 1 aliphatic heterocycles. The van der Waals surface area contributed by atoms with E-state index in [0.29, 0.717) is 18.4 Å². The fraction of sp³-hybridized carbons (Fsp3) is 1.00. The third-order valence-corrected chi connectivity index (χ3v) is 3.94. The van der Waals surface area contributed by atoms with E-state index in [2.05, 4.69) is 0 Å². The van der Waals surface area contributed by atoms with Gasteiger partial charge in [-0.25, -0.2) is 0 Å². The summed E-state index contributed by atoms with van der Waals surface area (Å²) >= 11 is 0. The predicted octanol–water partition coefficient (Wildman–Crippen LogP) is 0.768. The van der Waals surface area contributed by atoms with Crippen molar-refractivity contribution in [3.63, 3.8) is 0 Å². The highest BCUT2D eigenvalue weighted by molar-refractivity contribution is 5.04. The lowest BCUT2D eigenvalue weighted by atomic mass is 9.70. The molecule has 0 aromatic rings. The monoisotopic (exact) mass is 184 g/mol. The molecular formula is C10H16O3. The van der Waals surface area contributed by atoms with E-state index >= 15 is 0 Å². The largest absolute Gasteiger partial charge is 0.396 e. The van der Waals surface area contributed by atoms with Gasteiger partial charge in [0, 0.05) is 18.9 Å². The van der Waals surface area contributed by atoms with Crippen LogP contribution in [0.25, 0.3) is 0 Å². The molecule has 0 radical (unpaired) electrons. The highest BCUT2D eigenvalue weighted by atomic mass is 16.7. The summed E-state index contributed by atoms with van der Waals surface area (Å²) in [5.41, 5.74) is 0. The van der Waals surface area contributed by atoms with Crippen LogP contribution in [-0.2, 0) is 9.47 Å². The lowest BCUT2D eigenvalue weighted by molar-refractivity contribution is -0.267. The average Bonchev–Trinajstić information content (AvgIpc) is 2.69. The number of ether oxygens (including phenoxy) is 2. The molecule has 2 saturated carbocycles. The summed E-state index contributed by atoms with van der Waals surface area (Å²) in [5.74, 6) is 1.62. The van der Waals surface area contributed by atoms with Crippen LogP contribution in [-0.4, -0.2) is 30.7 Å². The van der Waals surface area contributed by atoms with E-state index in [4.69, 9.17) is 14.6 Å². The second kappa shape index (κ2) is 2.69.